The van der Waals surface area contributed by atoms with E-state index < -0.39 is 0 Å². The van der Waals surface area contributed by atoms with E-state index in [0.29, 0.717) is 22.5 Å². The molecule has 0 spiro atoms. The van der Waals surface area contributed by atoms with E-state index in [9.17, 15) is 14.0 Å². The number of benzene rings is 1. The van der Waals surface area contributed by atoms with Crippen molar-refractivity contribution in [1.82, 2.24) is 9.55 Å². The first-order valence-electron chi connectivity index (χ1n) is 9.01. The lowest BCUT2D eigenvalue weighted by Gasteiger charge is -2.12. The van der Waals surface area contributed by atoms with Crippen molar-refractivity contribution in [2.75, 3.05) is 5.32 Å². The average Bonchev–Trinajstić information content (AvgIpc) is 3.00. The largest absolute Gasteiger partial charge is 0.324 e. The van der Waals surface area contributed by atoms with Crippen LogP contribution in [-0.2, 0) is 24.2 Å². The minimum atomic E-state index is -0.381. The Labute approximate surface area is 159 Å². The highest BCUT2D eigenvalue weighted by atomic mass is 32.1. The van der Waals surface area contributed by atoms with Crippen LogP contribution in [0.15, 0.2) is 23.0 Å². The number of fused-ring (bicyclic) bond motifs is 3. The summed E-state index contributed by atoms with van der Waals surface area (Å²) in [6.07, 6.45) is 4.10. The van der Waals surface area contributed by atoms with E-state index in [-0.39, 0.29) is 23.8 Å². The lowest BCUT2D eigenvalue weighted by molar-refractivity contribution is -0.116. The molecular weight excluding hydrogens is 365 g/mol. The summed E-state index contributed by atoms with van der Waals surface area (Å²) in [6.45, 7) is 3.25. The molecule has 5 nitrogen and oxygen atoms in total. The second kappa shape index (κ2) is 6.88. The molecule has 0 atom stereocenters. The first kappa shape index (κ1) is 17.9. The number of nitrogens with one attached hydrogen (secondary N) is 1. The fraction of sp³-hybridized carbons (Fsp3) is 0.350. The number of carbonyl (C=O) groups is 1. The molecule has 3 aromatic rings. The van der Waals surface area contributed by atoms with Gasteiger partial charge in [0, 0.05) is 10.6 Å². The number of amides is 1. The summed E-state index contributed by atoms with van der Waals surface area (Å²) in [5.41, 5.74) is 1.82. The van der Waals surface area contributed by atoms with Crippen LogP contribution in [0.2, 0.25) is 0 Å². The molecule has 0 aliphatic heterocycles. The molecular formula is C20H20FN3O2S. The van der Waals surface area contributed by atoms with Gasteiger partial charge in [-0.15, -0.1) is 11.3 Å². The van der Waals surface area contributed by atoms with Gasteiger partial charge in [-0.1, -0.05) is 6.07 Å². The smallest absolute Gasteiger partial charge is 0.263 e. The van der Waals surface area contributed by atoms with Crippen LogP contribution >= 0.6 is 11.3 Å². The number of nitrogens with zero attached hydrogens (tertiary/aromatic N) is 2. The van der Waals surface area contributed by atoms with Crippen LogP contribution in [0, 0.1) is 19.7 Å². The van der Waals surface area contributed by atoms with Crippen molar-refractivity contribution in [3.05, 3.63) is 56.2 Å². The van der Waals surface area contributed by atoms with Crippen LogP contribution in [0.1, 0.15) is 34.7 Å². The summed E-state index contributed by atoms with van der Waals surface area (Å²) >= 11 is 1.59. The molecule has 7 heteroatoms. The zero-order chi connectivity index (χ0) is 19.1. The summed E-state index contributed by atoms with van der Waals surface area (Å²) < 4.78 is 15.1. The number of anilines is 1. The van der Waals surface area contributed by atoms with Crippen molar-refractivity contribution in [3.63, 3.8) is 0 Å². The number of carbonyl (C=O) groups excluding carboxylic acids is 1. The Morgan fingerprint density at radius 2 is 2.07 bits per heavy atom. The zero-order valence-electron chi connectivity index (χ0n) is 15.3. The topological polar surface area (TPSA) is 64.0 Å². The molecule has 1 amide bonds. The van der Waals surface area contributed by atoms with Crippen molar-refractivity contribution >= 4 is 33.1 Å². The van der Waals surface area contributed by atoms with Gasteiger partial charge in [-0.25, -0.2) is 9.37 Å². The van der Waals surface area contributed by atoms with Crippen molar-refractivity contribution in [2.45, 2.75) is 46.1 Å². The van der Waals surface area contributed by atoms with Gasteiger partial charge in [-0.3, -0.25) is 14.2 Å². The van der Waals surface area contributed by atoms with E-state index in [1.165, 1.54) is 15.5 Å². The second-order valence-corrected chi connectivity index (χ2v) is 8.04. The van der Waals surface area contributed by atoms with Gasteiger partial charge in [0.15, 0.2) is 0 Å². The number of hydrogen-bond donors (Lipinski definition) is 1. The highest BCUT2D eigenvalue weighted by molar-refractivity contribution is 7.18. The summed E-state index contributed by atoms with van der Waals surface area (Å²) in [5.74, 6) is -0.251. The molecule has 0 bridgehead atoms. The number of aryl methyl sites for hydroxylation is 4. The first-order chi connectivity index (χ1) is 12.9. The number of halogens is 1. The van der Waals surface area contributed by atoms with E-state index in [1.54, 1.807) is 37.3 Å². The third-order valence-corrected chi connectivity index (χ3v) is 6.21. The molecule has 140 valence electrons. The van der Waals surface area contributed by atoms with Gasteiger partial charge in [-0.2, -0.15) is 0 Å². The quantitative estimate of drug-likeness (QED) is 0.747. The average molecular weight is 385 g/mol. The minimum Gasteiger partial charge on any atom is -0.324 e. The molecule has 0 fully saturated rings. The molecule has 4 rings (SSSR count). The van der Waals surface area contributed by atoms with Gasteiger partial charge in [0.2, 0.25) is 5.91 Å². The molecule has 0 radical (unpaired) electrons. The van der Waals surface area contributed by atoms with E-state index in [1.807, 2.05) is 0 Å². The van der Waals surface area contributed by atoms with Crippen molar-refractivity contribution < 1.29 is 9.18 Å². The molecule has 2 heterocycles. The lowest BCUT2D eigenvalue weighted by Crippen LogP contribution is -2.30. The van der Waals surface area contributed by atoms with E-state index >= 15 is 0 Å². The molecule has 1 N–H and O–H groups in total. The van der Waals surface area contributed by atoms with Gasteiger partial charge in [-0.05, 0) is 62.8 Å². The second-order valence-electron chi connectivity index (χ2n) is 6.95. The van der Waals surface area contributed by atoms with Crippen LogP contribution in [0.4, 0.5) is 10.1 Å². The van der Waals surface area contributed by atoms with E-state index in [2.05, 4.69) is 10.3 Å². The maximum absolute atomic E-state index is 13.7. The standard InChI is InChI=1S/C20H20FN3O2S/c1-11-7-8-13(9-15(11)21)23-17(25)10-24-12(2)22-19-18(20(24)26)14-5-3-4-6-16(14)27-19/h7-9H,3-6,10H2,1-2H3,(H,23,25). The molecule has 27 heavy (non-hydrogen) atoms. The maximum Gasteiger partial charge on any atom is 0.263 e. The predicted molar refractivity (Wildman–Crippen MR) is 105 cm³/mol. The van der Waals surface area contributed by atoms with E-state index in [0.717, 1.165) is 36.1 Å². The summed E-state index contributed by atoms with van der Waals surface area (Å²) in [4.78, 5) is 32.1. The molecule has 2 aromatic heterocycles. The van der Waals surface area contributed by atoms with Gasteiger partial charge in [0.25, 0.3) is 5.56 Å². The van der Waals surface area contributed by atoms with Crippen LogP contribution in [-0.4, -0.2) is 15.5 Å². The van der Waals surface area contributed by atoms with Crippen LogP contribution in [0.25, 0.3) is 10.2 Å². The van der Waals surface area contributed by atoms with Crippen LogP contribution in [0.3, 0.4) is 0 Å². The molecule has 0 unspecified atom stereocenters. The first-order valence-corrected chi connectivity index (χ1v) is 9.83. The third-order valence-electron chi connectivity index (χ3n) is 5.02. The third kappa shape index (κ3) is 3.27. The Morgan fingerprint density at radius 1 is 1.30 bits per heavy atom. The minimum absolute atomic E-state index is 0.145. The number of hydrogen-bond acceptors (Lipinski definition) is 4. The molecule has 0 saturated carbocycles. The van der Waals surface area contributed by atoms with E-state index in [4.69, 9.17) is 0 Å². The fourth-order valence-corrected chi connectivity index (χ4v) is 4.84. The molecule has 0 saturated heterocycles. The highest BCUT2D eigenvalue weighted by Crippen LogP contribution is 2.33. The molecule has 1 aliphatic carbocycles. The zero-order valence-corrected chi connectivity index (χ0v) is 16.1. The Kier molecular flexibility index (Phi) is 4.55. The van der Waals surface area contributed by atoms with Crippen molar-refractivity contribution in [1.29, 1.82) is 0 Å². The van der Waals surface area contributed by atoms with Gasteiger partial charge in [0.1, 0.15) is 23.0 Å². The summed E-state index contributed by atoms with van der Waals surface area (Å²) in [5, 5.41) is 3.31. The monoisotopic (exact) mass is 385 g/mol. The summed E-state index contributed by atoms with van der Waals surface area (Å²) in [7, 11) is 0. The highest BCUT2D eigenvalue weighted by Gasteiger charge is 2.21. The molecule has 1 aromatic carbocycles. The number of thiophene rings is 1. The van der Waals surface area contributed by atoms with Crippen LogP contribution < -0.4 is 10.9 Å². The Hall–Kier alpha value is -2.54. The van der Waals surface area contributed by atoms with Gasteiger partial charge >= 0.3 is 0 Å². The van der Waals surface area contributed by atoms with Gasteiger partial charge < -0.3 is 5.32 Å². The number of rotatable bonds is 3. The van der Waals surface area contributed by atoms with Crippen molar-refractivity contribution in [2.24, 2.45) is 0 Å². The lowest BCUT2D eigenvalue weighted by atomic mass is 9.97. The normalized spacial score (nSPS) is 13.6. The maximum atomic E-state index is 13.7. The molecule has 1 aliphatic rings. The van der Waals surface area contributed by atoms with Crippen molar-refractivity contribution in [3.8, 4) is 0 Å². The Balaban J connectivity index is 1.66. The SMILES string of the molecule is Cc1ccc(NC(=O)Cn2c(C)nc3sc4c(c3c2=O)CCCC4)cc1F. The fourth-order valence-electron chi connectivity index (χ4n) is 3.54. The Morgan fingerprint density at radius 3 is 2.85 bits per heavy atom. The Bertz CT molecular complexity index is 1120. The van der Waals surface area contributed by atoms with Crippen LogP contribution in [0.5, 0.6) is 0 Å². The summed E-state index contributed by atoms with van der Waals surface area (Å²) in [6, 6.07) is 4.52. The predicted octanol–water partition coefficient (Wildman–Crippen LogP) is 3.73. The van der Waals surface area contributed by atoms with Gasteiger partial charge in [0.05, 0.1) is 5.39 Å². The number of aromatic nitrogens is 2.